The van der Waals surface area contributed by atoms with Crippen LogP contribution in [-0.2, 0) is 10.2 Å². The number of hydrogen-bond acceptors (Lipinski definition) is 3. The lowest BCUT2D eigenvalue weighted by molar-refractivity contribution is 0.169. The van der Waals surface area contributed by atoms with Crippen molar-refractivity contribution in [1.82, 2.24) is 9.03 Å². The number of nitrogens with zero attached hydrogens (tertiary/aromatic N) is 1. The van der Waals surface area contributed by atoms with Crippen LogP contribution in [0.2, 0.25) is 0 Å². The Hall–Kier alpha value is -0.170. The van der Waals surface area contributed by atoms with Crippen LogP contribution in [0.1, 0.15) is 45.4 Å². The summed E-state index contributed by atoms with van der Waals surface area (Å²) < 4.78 is 28.8. The highest BCUT2D eigenvalue weighted by atomic mass is 32.2. The van der Waals surface area contributed by atoms with E-state index >= 15 is 0 Å². The largest absolute Gasteiger partial charge is 0.396 e. The molecule has 0 bridgehead atoms. The third-order valence-corrected chi connectivity index (χ3v) is 6.35. The van der Waals surface area contributed by atoms with Crippen molar-refractivity contribution in [2.45, 2.75) is 45.4 Å². The Labute approximate surface area is 122 Å². The Morgan fingerprint density at radius 2 is 1.85 bits per heavy atom. The quantitative estimate of drug-likeness (QED) is 0.805. The highest BCUT2D eigenvalue weighted by molar-refractivity contribution is 7.87. The van der Waals surface area contributed by atoms with Crippen LogP contribution >= 0.6 is 0 Å². The van der Waals surface area contributed by atoms with Crippen molar-refractivity contribution >= 4 is 10.2 Å². The molecule has 2 unspecified atom stereocenters. The van der Waals surface area contributed by atoms with Gasteiger partial charge in [0.2, 0.25) is 0 Å². The van der Waals surface area contributed by atoms with Crippen molar-refractivity contribution in [2.75, 3.05) is 26.2 Å². The fourth-order valence-corrected chi connectivity index (χ4v) is 4.71. The number of hydrogen-bond donors (Lipinski definition) is 2. The molecule has 1 aliphatic heterocycles. The molecule has 2 atom stereocenters. The molecule has 1 saturated carbocycles. The van der Waals surface area contributed by atoms with Crippen molar-refractivity contribution in [3.05, 3.63) is 0 Å². The molecule has 2 N–H and O–H groups in total. The second kappa shape index (κ2) is 7.20. The first kappa shape index (κ1) is 16.2. The maximum absolute atomic E-state index is 12.3. The fourth-order valence-electron chi connectivity index (χ4n) is 3.39. The van der Waals surface area contributed by atoms with Crippen LogP contribution in [0.5, 0.6) is 0 Å². The third kappa shape index (κ3) is 4.41. The summed E-state index contributed by atoms with van der Waals surface area (Å²) in [6, 6.07) is 0. The zero-order chi connectivity index (χ0) is 14.6. The number of nitrogens with one attached hydrogen (secondary N) is 1. The summed E-state index contributed by atoms with van der Waals surface area (Å²) in [6.07, 6.45) is 6.29. The maximum Gasteiger partial charge on any atom is 0.279 e. The average Bonchev–Trinajstić information content (AvgIpc) is 2.45. The molecule has 2 aliphatic rings. The molecule has 6 heteroatoms. The van der Waals surface area contributed by atoms with Crippen LogP contribution in [0.25, 0.3) is 0 Å². The summed E-state index contributed by atoms with van der Waals surface area (Å²) in [4.78, 5) is 0. The van der Waals surface area contributed by atoms with Gasteiger partial charge in [0.15, 0.2) is 0 Å². The van der Waals surface area contributed by atoms with Crippen LogP contribution in [0, 0.1) is 17.8 Å². The van der Waals surface area contributed by atoms with Crippen LogP contribution < -0.4 is 4.72 Å². The van der Waals surface area contributed by atoms with Gasteiger partial charge < -0.3 is 5.11 Å². The lowest BCUT2D eigenvalue weighted by atomic mass is 9.83. The molecule has 1 saturated heterocycles. The van der Waals surface area contributed by atoms with Crippen molar-refractivity contribution in [1.29, 1.82) is 0 Å². The molecule has 1 heterocycles. The van der Waals surface area contributed by atoms with Gasteiger partial charge in [-0.25, -0.2) is 4.72 Å². The molecule has 1 aliphatic carbocycles. The minimum Gasteiger partial charge on any atom is -0.396 e. The molecule has 0 aromatic heterocycles. The topological polar surface area (TPSA) is 69.6 Å². The Morgan fingerprint density at radius 3 is 2.45 bits per heavy atom. The first-order valence-electron chi connectivity index (χ1n) is 7.87. The van der Waals surface area contributed by atoms with Gasteiger partial charge in [-0.2, -0.15) is 12.7 Å². The lowest BCUT2D eigenvalue weighted by Gasteiger charge is -2.32. The third-order valence-electron chi connectivity index (χ3n) is 4.77. The SMILES string of the molecule is CC1CCCC(CNS(=O)(=O)N2CCC(CO)CC2)C1. The van der Waals surface area contributed by atoms with E-state index in [-0.39, 0.29) is 12.5 Å². The predicted molar refractivity (Wildman–Crippen MR) is 79.4 cm³/mol. The molecule has 5 nitrogen and oxygen atoms in total. The monoisotopic (exact) mass is 304 g/mol. The van der Waals surface area contributed by atoms with Crippen molar-refractivity contribution in [3.8, 4) is 0 Å². The average molecular weight is 304 g/mol. The van der Waals surface area contributed by atoms with Gasteiger partial charge in [-0.3, -0.25) is 0 Å². The molecular formula is C14H28N2O3S. The Kier molecular flexibility index (Phi) is 5.84. The van der Waals surface area contributed by atoms with Crippen LogP contribution in [0.15, 0.2) is 0 Å². The van der Waals surface area contributed by atoms with E-state index < -0.39 is 10.2 Å². The highest BCUT2D eigenvalue weighted by Crippen LogP contribution is 2.28. The van der Waals surface area contributed by atoms with Crippen LogP contribution in [-0.4, -0.2) is 44.1 Å². The molecule has 0 aromatic carbocycles. The highest BCUT2D eigenvalue weighted by Gasteiger charge is 2.28. The van der Waals surface area contributed by atoms with Gasteiger partial charge >= 0.3 is 0 Å². The maximum atomic E-state index is 12.3. The molecule has 0 spiro atoms. The minimum absolute atomic E-state index is 0.168. The normalized spacial score (nSPS) is 30.5. The molecule has 0 amide bonds. The summed E-state index contributed by atoms with van der Waals surface area (Å²) in [5, 5.41) is 9.09. The molecule has 2 fully saturated rings. The Balaban J connectivity index is 1.79. The smallest absolute Gasteiger partial charge is 0.279 e. The summed E-state index contributed by atoms with van der Waals surface area (Å²) in [6.45, 7) is 4.05. The van der Waals surface area contributed by atoms with Crippen LogP contribution in [0.3, 0.4) is 0 Å². The van der Waals surface area contributed by atoms with Gasteiger partial charge in [-0.1, -0.05) is 19.8 Å². The molecule has 0 radical (unpaired) electrons. The zero-order valence-electron chi connectivity index (χ0n) is 12.4. The van der Waals surface area contributed by atoms with Gasteiger partial charge in [0.25, 0.3) is 10.2 Å². The van der Waals surface area contributed by atoms with Gasteiger partial charge in [-0.05, 0) is 43.4 Å². The van der Waals surface area contributed by atoms with E-state index in [1.54, 1.807) is 0 Å². The van der Waals surface area contributed by atoms with Crippen LogP contribution in [0.4, 0.5) is 0 Å². The first-order valence-corrected chi connectivity index (χ1v) is 9.31. The molecular weight excluding hydrogens is 276 g/mol. The molecule has 2 rings (SSSR count). The zero-order valence-corrected chi connectivity index (χ0v) is 13.2. The Bertz CT molecular complexity index is 391. The Morgan fingerprint density at radius 1 is 1.15 bits per heavy atom. The molecule has 118 valence electrons. The van der Waals surface area contributed by atoms with E-state index in [9.17, 15) is 8.42 Å². The van der Waals surface area contributed by atoms with E-state index in [1.807, 2.05) is 0 Å². The predicted octanol–water partition coefficient (Wildman–Crippen LogP) is 1.35. The molecule has 20 heavy (non-hydrogen) atoms. The fraction of sp³-hybridized carbons (Fsp3) is 1.00. The van der Waals surface area contributed by atoms with Gasteiger partial charge in [0.05, 0.1) is 0 Å². The van der Waals surface area contributed by atoms with Crippen molar-refractivity contribution in [3.63, 3.8) is 0 Å². The van der Waals surface area contributed by atoms with E-state index in [4.69, 9.17) is 5.11 Å². The second-order valence-electron chi connectivity index (χ2n) is 6.52. The summed E-state index contributed by atoms with van der Waals surface area (Å²) >= 11 is 0. The van der Waals surface area contributed by atoms with E-state index in [0.717, 1.165) is 31.6 Å². The number of piperidine rings is 1. The standard InChI is InChI=1S/C14H28N2O3S/c1-12-3-2-4-14(9-12)10-15-20(18,19)16-7-5-13(11-17)6-8-16/h12-15,17H,2-11H2,1H3. The first-order chi connectivity index (χ1) is 9.51. The molecule has 0 aromatic rings. The van der Waals surface area contributed by atoms with Crippen molar-refractivity contribution < 1.29 is 13.5 Å². The lowest BCUT2D eigenvalue weighted by Crippen LogP contribution is -2.46. The summed E-state index contributed by atoms with van der Waals surface area (Å²) in [5.41, 5.74) is 0. The number of aliphatic hydroxyl groups is 1. The van der Waals surface area contributed by atoms with Gasteiger partial charge in [0.1, 0.15) is 0 Å². The summed E-state index contributed by atoms with van der Waals surface area (Å²) in [7, 11) is -3.33. The second-order valence-corrected chi connectivity index (χ2v) is 8.27. The minimum atomic E-state index is -3.33. The van der Waals surface area contributed by atoms with Gasteiger partial charge in [0, 0.05) is 26.2 Å². The van der Waals surface area contributed by atoms with E-state index in [2.05, 4.69) is 11.6 Å². The number of aliphatic hydroxyl groups excluding tert-OH is 1. The summed E-state index contributed by atoms with van der Waals surface area (Å²) in [5.74, 6) is 1.47. The van der Waals surface area contributed by atoms with E-state index in [1.165, 1.54) is 17.1 Å². The van der Waals surface area contributed by atoms with Gasteiger partial charge in [-0.15, -0.1) is 0 Å². The number of rotatable bonds is 5. The van der Waals surface area contributed by atoms with Crippen molar-refractivity contribution in [2.24, 2.45) is 17.8 Å². The van der Waals surface area contributed by atoms with E-state index in [0.29, 0.717) is 25.6 Å².